The Balaban J connectivity index is 2.64. The molecular weight excluding hydrogens is 166 g/mol. The molecule has 0 saturated carbocycles. The molecule has 1 fully saturated rings. The van der Waals surface area contributed by atoms with E-state index in [1.165, 1.54) is 0 Å². The van der Waals surface area contributed by atoms with Gasteiger partial charge in [-0.3, -0.25) is 0 Å². The molecule has 0 amide bonds. The number of hydrogen-bond acceptors (Lipinski definition) is 3. The van der Waals surface area contributed by atoms with E-state index in [-0.39, 0.29) is 11.2 Å². The highest BCUT2D eigenvalue weighted by molar-refractivity contribution is 4.92. The lowest BCUT2D eigenvalue weighted by Crippen LogP contribution is -2.51. The molecule has 1 unspecified atom stereocenters. The molecule has 0 spiro atoms. The lowest BCUT2D eigenvalue weighted by atomic mass is 9.84. The third kappa shape index (κ3) is 2.66. The van der Waals surface area contributed by atoms with E-state index in [1.54, 1.807) is 0 Å². The Hall–Kier alpha value is -0.120. The van der Waals surface area contributed by atoms with Gasteiger partial charge in [0.05, 0.1) is 17.8 Å². The van der Waals surface area contributed by atoms with Gasteiger partial charge in [0.15, 0.2) is 0 Å². The van der Waals surface area contributed by atoms with Crippen molar-refractivity contribution in [3.05, 3.63) is 0 Å². The molecule has 1 aliphatic heterocycles. The predicted octanol–water partition coefficient (Wildman–Crippen LogP) is 1.31. The fourth-order valence-electron chi connectivity index (χ4n) is 2.09. The van der Waals surface area contributed by atoms with E-state index in [0.29, 0.717) is 6.54 Å². The molecule has 1 saturated heterocycles. The molecule has 0 radical (unpaired) electrons. The summed E-state index contributed by atoms with van der Waals surface area (Å²) in [5, 5.41) is 0. The maximum absolute atomic E-state index is 5.76. The number of nitrogens with two attached hydrogens (primary N) is 1. The van der Waals surface area contributed by atoms with Crippen LogP contribution in [0.3, 0.4) is 0 Å². The lowest BCUT2D eigenvalue weighted by molar-refractivity contribution is -0.163. The average Bonchev–Trinajstić information content (AvgIpc) is 2.03. The summed E-state index contributed by atoms with van der Waals surface area (Å²) in [7, 11) is 0. The first-order valence-corrected chi connectivity index (χ1v) is 5.02. The molecule has 78 valence electrons. The molecular formula is C10H21NO2. The molecule has 13 heavy (non-hydrogen) atoms. The largest absolute Gasteiger partial charge is 0.375 e. The van der Waals surface area contributed by atoms with Gasteiger partial charge in [0, 0.05) is 26.0 Å². The van der Waals surface area contributed by atoms with Crippen LogP contribution in [0.25, 0.3) is 0 Å². The molecule has 0 aromatic carbocycles. The minimum Gasteiger partial charge on any atom is -0.375 e. The second-order valence-electron chi connectivity index (χ2n) is 4.36. The Kier molecular flexibility index (Phi) is 3.33. The van der Waals surface area contributed by atoms with Crippen LogP contribution in [0.2, 0.25) is 0 Å². The van der Waals surface area contributed by atoms with Crippen LogP contribution in [-0.2, 0) is 9.47 Å². The minimum atomic E-state index is -0.142. The number of ether oxygens (including phenoxy) is 2. The maximum atomic E-state index is 5.76. The zero-order valence-electron chi connectivity index (χ0n) is 8.93. The minimum absolute atomic E-state index is 0.0905. The first kappa shape index (κ1) is 11.0. The van der Waals surface area contributed by atoms with Crippen LogP contribution >= 0.6 is 0 Å². The van der Waals surface area contributed by atoms with Crippen molar-refractivity contribution in [1.82, 2.24) is 0 Å². The van der Waals surface area contributed by atoms with Crippen molar-refractivity contribution < 1.29 is 9.47 Å². The van der Waals surface area contributed by atoms with Crippen LogP contribution in [0.5, 0.6) is 0 Å². The molecule has 0 bridgehead atoms. The molecule has 0 aromatic rings. The normalized spacial score (nSPS) is 33.2. The van der Waals surface area contributed by atoms with E-state index in [2.05, 4.69) is 13.8 Å². The van der Waals surface area contributed by atoms with E-state index < -0.39 is 0 Å². The summed E-state index contributed by atoms with van der Waals surface area (Å²) in [5.74, 6) is 0. The summed E-state index contributed by atoms with van der Waals surface area (Å²) < 4.78 is 11.4. The van der Waals surface area contributed by atoms with Gasteiger partial charge >= 0.3 is 0 Å². The highest BCUT2D eigenvalue weighted by atomic mass is 16.5. The maximum Gasteiger partial charge on any atom is 0.0853 e. The Labute approximate surface area is 80.6 Å². The zero-order chi connectivity index (χ0) is 9.95. The standard InChI is InChI=1S/C10H21NO2/c1-4-12-10(8-11)5-6-13-9(2,3)7-10/h4-8,11H2,1-3H3. The van der Waals surface area contributed by atoms with Crippen molar-refractivity contribution in [2.45, 2.75) is 44.8 Å². The first-order chi connectivity index (χ1) is 6.04. The van der Waals surface area contributed by atoms with E-state index >= 15 is 0 Å². The van der Waals surface area contributed by atoms with Crippen molar-refractivity contribution in [2.24, 2.45) is 5.73 Å². The van der Waals surface area contributed by atoms with Crippen molar-refractivity contribution in [2.75, 3.05) is 19.8 Å². The summed E-state index contributed by atoms with van der Waals surface area (Å²) in [6.45, 7) is 8.27. The Morgan fingerprint density at radius 3 is 2.62 bits per heavy atom. The molecule has 1 aliphatic rings. The summed E-state index contributed by atoms with van der Waals surface area (Å²) >= 11 is 0. The molecule has 3 heteroatoms. The quantitative estimate of drug-likeness (QED) is 0.724. The van der Waals surface area contributed by atoms with Gasteiger partial charge in [-0.15, -0.1) is 0 Å². The summed E-state index contributed by atoms with van der Waals surface area (Å²) in [6.07, 6.45) is 1.81. The third-order valence-corrected chi connectivity index (χ3v) is 2.62. The Morgan fingerprint density at radius 2 is 2.15 bits per heavy atom. The fourth-order valence-corrected chi connectivity index (χ4v) is 2.09. The summed E-state index contributed by atoms with van der Waals surface area (Å²) in [4.78, 5) is 0. The van der Waals surface area contributed by atoms with Crippen LogP contribution in [0.4, 0.5) is 0 Å². The van der Waals surface area contributed by atoms with Gasteiger partial charge in [-0.05, 0) is 20.8 Å². The van der Waals surface area contributed by atoms with Gasteiger partial charge in [0.25, 0.3) is 0 Å². The van der Waals surface area contributed by atoms with Gasteiger partial charge in [0.1, 0.15) is 0 Å². The summed E-state index contributed by atoms with van der Waals surface area (Å²) in [5.41, 5.74) is 5.53. The van der Waals surface area contributed by atoms with Crippen LogP contribution in [0.15, 0.2) is 0 Å². The molecule has 1 heterocycles. The molecule has 1 rings (SSSR count). The van der Waals surface area contributed by atoms with Gasteiger partial charge in [-0.1, -0.05) is 0 Å². The van der Waals surface area contributed by atoms with Gasteiger partial charge < -0.3 is 15.2 Å². The molecule has 1 atom stereocenters. The molecule has 3 nitrogen and oxygen atoms in total. The Bertz CT molecular complexity index is 166. The summed E-state index contributed by atoms with van der Waals surface area (Å²) in [6, 6.07) is 0. The SMILES string of the molecule is CCOC1(CN)CCOC(C)(C)C1. The van der Waals surface area contributed by atoms with Crippen LogP contribution < -0.4 is 5.73 Å². The number of hydrogen-bond donors (Lipinski definition) is 1. The fraction of sp³-hybridized carbons (Fsp3) is 1.00. The first-order valence-electron chi connectivity index (χ1n) is 5.02. The van der Waals surface area contributed by atoms with E-state index in [1.807, 2.05) is 6.92 Å². The number of rotatable bonds is 3. The smallest absolute Gasteiger partial charge is 0.0853 e. The van der Waals surface area contributed by atoms with Crippen LogP contribution in [0, 0.1) is 0 Å². The van der Waals surface area contributed by atoms with Crippen molar-refractivity contribution in [1.29, 1.82) is 0 Å². The predicted molar refractivity (Wildman–Crippen MR) is 52.7 cm³/mol. The molecule has 0 aliphatic carbocycles. The lowest BCUT2D eigenvalue weighted by Gasteiger charge is -2.43. The third-order valence-electron chi connectivity index (χ3n) is 2.62. The van der Waals surface area contributed by atoms with Crippen molar-refractivity contribution in [3.63, 3.8) is 0 Å². The molecule has 2 N–H and O–H groups in total. The van der Waals surface area contributed by atoms with Crippen LogP contribution in [0.1, 0.15) is 33.6 Å². The Morgan fingerprint density at radius 1 is 1.46 bits per heavy atom. The molecule has 0 aromatic heterocycles. The zero-order valence-corrected chi connectivity index (χ0v) is 8.93. The second-order valence-corrected chi connectivity index (χ2v) is 4.36. The van der Waals surface area contributed by atoms with E-state index in [4.69, 9.17) is 15.2 Å². The average molecular weight is 187 g/mol. The van der Waals surface area contributed by atoms with Gasteiger partial charge in [0.2, 0.25) is 0 Å². The van der Waals surface area contributed by atoms with Crippen molar-refractivity contribution >= 4 is 0 Å². The van der Waals surface area contributed by atoms with Crippen LogP contribution in [-0.4, -0.2) is 31.0 Å². The highest BCUT2D eigenvalue weighted by Gasteiger charge is 2.40. The second kappa shape index (κ2) is 3.95. The monoisotopic (exact) mass is 187 g/mol. The van der Waals surface area contributed by atoms with Gasteiger partial charge in [-0.25, -0.2) is 0 Å². The topological polar surface area (TPSA) is 44.5 Å². The van der Waals surface area contributed by atoms with Crippen molar-refractivity contribution in [3.8, 4) is 0 Å². The van der Waals surface area contributed by atoms with Gasteiger partial charge in [-0.2, -0.15) is 0 Å². The van der Waals surface area contributed by atoms with E-state index in [0.717, 1.165) is 26.1 Å². The highest BCUT2D eigenvalue weighted by Crippen LogP contribution is 2.33. The van der Waals surface area contributed by atoms with E-state index in [9.17, 15) is 0 Å².